The van der Waals surface area contributed by atoms with Crippen molar-refractivity contribution in [2.45, 2.75) is 38.3 Å². The van der Waals surface area contributed by atoms with Gasteiger partial charge in [0.1, 0.15) is 0 Å². The average Bonchev–Trinajstić information content (AvgIpc) is 3.39. The SMILES string of the molecule is C[C@@H](NCc1nnc(C2CC2)o1)c1ccc(-c2ccncc2)cc1. The maximum Gasteiger partial charge on any atom is 0.230 e. The summed E-state index contributed by atoms with van der Waals surface area (Å²) in [5.74, 6) is 1.96. The van der Waals surface area contributed by atoms with E-state index >= 15 is 0 Å². The smallest absolute Gasteiger partial charge is 0.230 e. The summed E-state index contributed by atoms with van der Waals surface area (Å²) in [6.07, 6.45) is 5.98. The van der Waals surface area contributed by atoms with Crippen molar-refractivity contribution in [3.05, 3.63) is 66.1 Å². The van der Waals surface area contributed by atoms with Gasteiger partial charge in [-0.05, 0) is 48.6 Å². The molecule has 1 aliphatic rings. The maximum absolute atomic E-state index is 5.68. The third-order valence-electron chi connectivity index (χ3n) is 4.39. The van der Waals surface area contributed by atoms with Crippen LogP contribution in [-0.2, 0) is 6.54 Å². The Balaban J connectivity index is 1.37. The Bertz CT molecular complexity index is 794. The van der Waals surface area contributed by atoms with Gasteiger partial charge in [-0.25, -0.2) is 0 Å². The fraction of sp³-hybridized carbons (Fsp3) is 0.316. The lowest BCUT2D eigenvalue weighted by atomic mass is 10.0. The molecule has 1 aromatic carbocycles. The van der Waals surface area contributed by atoms with Crippen molar-refractivity contribution in [1.29, 1.82) is 0 Å². The molecular weight excluding hydrogens is 300 g/mol. The van der Waals surface area contributed by atoms with Gasteiger partial charge in [-0.3, -0.25) is 4.98 Å². The first kappa shape index (κ1) is 15.0. The number of pyridine rings is 1. The van der Waals surface area contributed by atoms with Crippen LogP contribution in [0, 0.1) is 0 Å². The third kappa shape index (κ3) is 3.36. The van der Waals surface area contributed by atoms with Crippen LogP contribution in [0.3, 0.4) is 0 Å². The molecule has 0 aliphatic heterocycles. The number of aromatic nitrogens is 3. The molecule has 0 amide bonds. The van der Waals surface area contributed by atoms with Gasteiger partial charge in [0.2, 0.25) is 11.8 Å². The minimum Gasteiger partial charge on any atom is -0.424 e. The van der Waals surface area contributed by atoms with Crippen molar-refractivity contribution < 1.29 is 4.42 Å². The highest BCUT2D eigenvalue weighted by Crippen LogP contribution is 2.39. The quantitative estimate of drug-likeness (QED) is 0.747. The molecule has 1 saturated carbocycles. The van der Waals surface area contributed by atoms with Crippen LogP contribution in [0.25, 0.3) is 11.1 Å². The molecule has 0 radical (unpaired) electrons. The summed E-state index contributed by atoms with van der Waals surface area (Å²) in [7, 11) is 0. The zero-order valence-electron chi connectivity index (χ0n) is 13.6. The monoisotopic (exact) mass is 320 g/mol. The second-order valence-electron chi connectivity index (χ2n) is 6.27. The minimum absolute atomic E-state index is 0.216. The molecule has 1 aliphatic carbocycles. The van der Waals surface area contributed by atoms with E-state index in [4.69, 9.17) is 4.42 Å². The van der Waals surface area contributed by atoms with E-state index in [0.29, 0.717) is 18.4 Å². The van der Waals surface area contributed by atoms with Crippen LogP contribution in [0.2, 0.25) is 0 Å². The fourth-order valence-electron chi connectivity index (χ4n) is 2.70. The summed E-state index contributed by atoms with van der Waals surface area (Å²) in [5.41, 5.74) is 3.60. The summed E-state index contributed by atoms with van der Waals surface area (Å²) >= 11 is 0. The van der Waals surface area contributed by atoms with Gasteiger partial charge in [0.25, 0.3) is 0 Å². The second-order valence-corrected chi connectivity index (χ2v) is 6.27. The summed E-state index contributed by atoms with van der Waals surface area (Å²) in [6.45, 7) is 2.73. The maximum atomic E-state index is 5.68. The van der Waals surface area contributed by atoms with Crippen LogP contribution >= 0.6 is 0 Å². The van der Waals surface area contributed by atoms with Gasteiger partial charge in [-0.2, -0.15) is 0 Å². The molecule has 0 saturated heterocycles. The normalized spacial score (nSPS) is 15.4. The van der Waals surface area contributed by atoms with Gasteiger partial charge in [0.15, 0.2) is 0 Å². The molecule has 5 heteroatoms. The van der Waals surface area contributed by atoms with E-state index in [1.807, 2.05) is 24.5 Å². The van der Waals surface area contributed by atoms with Crippen molar-refractivity contribution in [3.63, 3.8) is 0 Å². The molecule has 2 aromatic heterocycles. The number of hydrogen-bond donors (Lipinski definition) is 1. The molecule has 2 heterocycles. The molecule has 3 aromatic rings. The van der Waals surface area contributed by atoms with E-state index in [1.165, 1.54) is 29.5 Å². The Kier molecular flexibility index (Phi) is 4.09. The molecule has 5 nitrogen and oxygen atoms in total. The molecule has 122 valence electrons. The first-order chi connectivity index (χ1) is 11.8. The molecule has 1 fully saturated rings. The van der Waals surface area contributed by atoms with Gasteiger partial charge >= 0.3 is 0 Å². The van der Waals surface area contributed by atoms with Gasteiger partial charge in [-0.15, -0.1) is 10.2 Å². The standard InChI is InChI=1S/C19H20N4O/c1-13(21-12-18-22-23-19(24-18)17-6-7-17)14-2-4-15(5-3-14)16-8-10-20-11-9-16/h2-5,8-11,13,17,21H,6-7,12H2,1H3/t13-/m1/s1. The lowest BCUT2D eigenvalue weighted by Crippen LogP contribution is -2.18. The zero-order chi connectivity index (χ0) is 16.4. The molecular formula is C19H20N4O. The number of rotatable bonds is 6. The Hall–Kier alpha value is -2.53. The second kappa shape index (κ2) is 6.53. The van der Waals surface area contributed by atoms with Crippen LogP contribution in [-0.4, -0.2) is 15.2 Å². The Morgan fingerprint density at radius 3 is 2.46 bits per heavy atom. The molecule has 1 N–H and O–H groups in total. The third-order valence-corrected chi connectivity index (χ3v) is 4.39. The number of nitrogens with one attached hydrogen (secondary N) is 1. The highest BCUT2D eigenvalue weighted by Gasteiger charge is 2.29. The number of hydrogen-bond acceptors (Lipinski definition) is 5. The van der Waals surface area contributed by atoms with E-state index in [2.05, 4.69) is 51.7 Å². The van der Waals surface area contributed by atoms with Crippen LogP contribution in [0.1, 0.15) is 49.1 Å². The first-order valence-electron chi connectivity index (χ1n) is 8.35. The predicted octanol–water partition coefficient (Wildman–Crippen LogP) is 3.86. The Labute approximate surface area is 141 Å². The van der Waals surface area contributed by atoms with Crippen LogP contribution in [0.15, 0.2) is 53.2 Å². The topological polar surface area (TPSA) is 63.8 Å². The van der Waals surface area contributed by atoms with Crippen LogP contribution in [0.5, 0.6) is 0 Å². The van der Waals surface area contributed by atoms with E-state index in [1.54, 1.807) is 0 Å². The van der Waals surface area contributed by atoms with E-state index in [0.717, 1.165) is 5.89 Å². The van der Waals surface area contributed by atoms with Gasteiger partial charge in [-0.1, -0.05) is 24.3 Å². The van der Waals surface area contributed by atoms with E-state index < -0.39 is 0 Å². The summed E-state index contributed by atoms with van der Waals surface area (Å²) in [5, 5.41) is 11.7. The molecule has 0 spiro atoms. The Morgan fingerprint density at radius 2 is 1.75 bits per heavy atom. The van der Waals surface area contributed by atoms with Gasteiger partial charge < -0.3 is 9.73 Å². The lowest BCUT2D eigenvalue weighted by molar-refractivity contribution is 0.419. The van der Waals surface area contributed by atoms with E-state index in [9.17, 15) is 0 Å². The lowest BCUT2D eigenvalue weighted by Gasteiger charge is -2.13. The molecule has 1 atom stereocenters. The van der Waals surface area contributed by atoms with Crippen molar-refractivity contribution in [2.75, 3.05) is 0 Å². The fourth-order valence-corrected chi connectivity index (χ4v) is 2.70. The number of benzene rings is 1. The van der Waals surface area contributed by atoms with Crippen molar-refractivity contribution in [1.82, 2.24) is 20.5 Å². The largest absolute Gasteiger partial charge is 0.424 e. The summed E-state index contributed by atoms with van der Waals surface area (Å²) in [4.78, 5) is 4.06. The zero-order valence-corrected chi connectivity index (χ0v) is 13.6. The highest BCUT2D eigenvalue weighted by atomic mass is 16.4. The first-order valence-corrected chi connectivity index (χ1v) is 8.35. The van der Waals surface area contributed by atoms with Crippen LogP contribution < -0.4 is 5.32 Å². The van der Waals surface area contributed by atoms with E-state index in [-0.39, 0.29) is 6.04 Å². The van der Waals surface area contributed by atoms with Gasteiger partial charge in [0, 0.05) is 24.4 Å². The summed E-state index contributed by atoms with van der Waals surface area (Å²) in [6, 6.07) is 12.8. The minimum atomic E-state index is 0.216. The van der Waals surface area contributed by atoms with Crippen molar-refractivity contribution in [3.8, 4) is 11.1 Å². The molecule has 0 unspecified atom stereocenters. The number of nitrogens with zero attached hydrogens (tertiary/aromatic N) is 3. The molecule has 4 rings (SSSR count). The summed E-state index contributed by atoms with van der Waals surface area (Å²) < 4.78 is 5.68. The van der Waals surface area contributed by atoms with Crippen molar-refractivity contribution >= 4 is 0 Å². The van der Waals surface area contributed by atoms with Crippen LogP contribution in [0.4, 0.5) is 0 Å². The Morgan fingerprint density at radius 1 is 1.04 bits per heavy atom. The predicted molar refractivity (Wildman–Crippen MR) is 91.2 cm³/mol. The average molecular weight is 320 g/mol. The van der Waals surface area contributed by atoms with Crippen molar-refractivity contribution in [2.24, 2.45) is 0 Å². The molecule has 0 bridgehead atoms. The van der Waals surface area contributed by atoms with Gasteiger partial charge in [0.05, 0.1) is 6.54 Å². The highest BCUT2D eigenvalue weighted by molar-refractivity contribution is 5.62. The molecule has 24 heavy (non-hydrogen) atoms.